The maximum atomic E-state index is 12.5. The van der Waals surface area contributed by atoms with Gasteiger partial charge in [0.05, 0.1) is 19.6 Å². The maximum absolute atomic E-state index is 12.5. The number of benzene rings is 1. The van der Waals surface area contributed by atoms with Gasteiger partial charge in [-0.3, -0.25) is 14.3 Å². The van der Waals surface area contributed by atoms with E-state index in [1.165, 1.54) is 10.7 Å². The van der Waals surface area contributed by atoms with Gasteiger partial charge in [0.1, 0.15) is 12.3 Å². The molecule has 0 unspecified atom stereocenters. The molecule has 1 aromatic carbocycles. The van der Waals surface area contributed by atoms with Crippen LogP contribution in [0.25, 0.3) is 0 Å². The summed E-state index contributed by atoms with van der Waals surface area (Å²) >= 11 is 0. The minimum atomic E-state index is -0.897. The van der Waals surface area contributed by atoms with Crippen LogP contribution < -0.4 is 4.74 Å². The molecule has 2 aromatic rings. The van der Waals surface area contributed by atoms with Crippen molar-refractivity contribution < 1.29 is 28.6 Å². The number of fused-ring (bicyclic) bond motifs is 1. The van der Waals surface area contributed by atoms with Gasteiger partial charge >= 0.3 is 12.1 Å². The monoisotopic (exact) mass is 387 g/mol. The second-order valence-corrected chi connectivity index (χ2v) is 6.06. The quantitative estimate of drug-likeness (QED) is 0.670. The molecule has 3 rings (SSSR count). The van der Waals surface area contributed by atoms with Gasteiger partial charge in [-0.25, -0.2) is 4.79 Å². The van der Waals surface area contributed by atoms with E-state index >= 15 is 0 Å². The van der Waals surface area contributed by atoms with Crippen LogP contribution in [-0.4, -0.2) is 52.4 Å². The van der Waals surface area contributed by atoms with Crippen molar-refractivity contribution in [1.82, 2.24) is 14.7 Å². The molecule has 0 fully saturated rings. The first kappa shape index (κ1) is 19.4. The number of aromatic nitrogens is 2. The van der Waals surface area contributed by atoms with Gasteiger partial charge in [0, 0.05) is 19.2 Å². The molecule has 1 aliphatic rings. The van der Waals surface area contributed by atoms with Crippen LogP contribution in [-0.2, 0) is 27.4 Å². The second kappa shape index (κ2) is 9.03. The topological polar surface area (TPSA) is 100.0 Å². The van der Waals surface area contributed by atoms with Crippen LogP contribution in [0.4, 0.5) is 4.79 Å². The zero-order valence-electron chi connectivity index (χ0n) is 15.5. The van der Waals surface area contributed by atoms with E-state index in [-0.39, 0.29) is 37.3 Å². The number of hydrogen-bond donors (Lipinski definition) is 0. The Morgan fingerprint density at radius 1 is 1.14 bits per heavy atom. The van der Waals surface area contributed by atoms with E-state index in [0.29, 0.717) is 25.4 Å². The van der Waals surface area contributed by atoms with Crippen LogP contribution >= 0.6 is 0 Å². The molecule has 1 amide bonds. The van der Waals surface area contributed by atoms with Crippen LogP contribution in [0.1, 0.15) is 29.4 Å². The van der Waals surface area contributed by atoms with E-state index in [1.54, 1.807) is 11.8 Å². The lowest BCUT2D eigenvalue weighted by atomic mass is 10.2. The van der Waals surface area contributed by atoms with Crippen LogP contribution in [0, 0.1) is 0 Å². The number of amides is 1. The van der Waals surface area contributed by atoms with E-state index in [1.807, 2.05) is 30.3 Å². The number of rotatable bonds is 7. The fourth-order valence-corrected chi connectivity index (χ4v) is 2.77. The lowest BCUT2D eigenvalue weighted by Gasteiger charge is -2.26. The normalized spacial score (nSPS) is 13.0. The van der Waals surface area contributed by atoms with E-state index < -0.39 is 6.16 Å². The molecule has 0 saturated carbocycles. The Kier molecular flexibility index (Phi) is 6.25. The molecule has 148 valence electrons. The van der Waals surface area contributed by atoms with Crippen LogP contribution in [0.15, 0.2) is 36.4 Å². The highest BCUT2D eigenvalue weighted by atomic mass is 16.7. The molecule has 0 spiro atoms. The Morgan fingerprint density at radius 3 is 2.68 bits per heavy atom. The molecular weight excluding hydrogens is 366 g/mol. The summed E-state index contributed by atoms with van der Waals surface area (Å²) in [4.78, 5) is 37.4. The third-order valence-corrected chi connectivity index (χ3v) is 4.12. The third kappa shape index (κ3) is 4.87. The molecule has 28 heavy (non-hydrogen) atoms. The summed E-state index contributed by atoms with van der Waals surface area (Å²) in [7, 11) is 0. The van der Waals surface area contributed by atoms with Gasteiger partial charge < -0.3 is 19.1 Å². The van der Waals surface area contributed by atoms with Crippen molar-refractivity contribution in [1.29, 1.82) is 0 Å². The van der Waals surface area contributed by atoms with Crippen LogP contribution in [0.2, 0.25) is 0 Å². The number of ether oxygens (including phenoxy) is 3. The van der Waals surface area contributed by atoms with E-state index in [0.717, 1.165) is 5.56 Å². The molecule has 1 aliphatic heterocycles. The maximum Gasteiger partial charge on any atom is 0.515 e. The minimum Gasteiger partial charge on any atom is -0.466 e. The highest BCUT2D eigenvalue weighted by molar-refractivity contribution is 5.93. The van der Waals surface area contributed by atoms with Crippen LogP contribution in [0.3, 0.4) is 0 Å². The van der Waals surface area contributed by atoms with Crippen molar-refractivity contribution in [2.75, 3.05) is 19.7 Å². The lowest BCUT2D eigenvalue weighted by Crippen LogP contribution is -2.41. The molecule has 0 aliphatic carbocycles. The lowest BCUT2D eigenvalue weighted by molar-refractivity contribution is -0.143. The molecule has 0 bridgehead atoms. The Hall–Kier alpha value is -3.36. The number of carbonyl (C=O) groups is 3. The van der Waals surface area contributed by atoms with Crippen molar-refractivity contribution in [3.05, 3.63) is 47.7 Å². The van der Waals surface area contributed by atoms with E-state index in [4.69, 9.17) is 14.2 Å². The Balaban J connectivity index is 1.54. The first-order valence-electron chi connectivity index (χ1n) is 8.98. The van der Waals surface area contributed by atoms with Gasteiger partial charge in [-0.2, -0.15) is 0 Å². The highest BCUT2D eigenvalue weighted by Gasteiger charge is 2.28. The average molecular weight is 387 g/mol. The van der Waals surface area contributed by atoms with Crippen LogP contribution in [0.5, 0.6) is 5.88 Å². The summed E-state index contributed by atoms with van der Waals surface area (Å²) < 4.78 is 16.5. The Bertz CT molecular complexity index is 849. The van der Waals surface area contributed by atoms with Crippen molar-refractivity contribution in [3.63, 3.8) is 0 Å². The van der Waals surface area contributed by atoms with Gasteiger partial charge in [0.2, 0.25) is 5.88 Å². The zero-order valence-corrected chi connectivity index (χ0v) is 15.5. The minimum absolute atomic E-state index is 0.00588. The molecule has 9 heteroatoms. The fourth-order valence-electron chi connectivity index (χ4n) is 2.77. The highest BCUT2D eigenvalue weighted by Crippen LogP contribution is 2.19. The fraction of sp³-hybridized carbons (Fsp3) is 0.368. The van der Waals surface area contributed by atoms with Crippen molar-refractivity contribution in [2.45, 2.75) is 26.5 Å². The van der Waals surface area contributed by atoms with Crippen molar-refractivity contribution in [2.24, 2.45) is 0 Å². The molecule has 0 atom stereocenters. The van der Waals surface area contributed by atoms with E-state index in [9.17, 15) is 14.4 Å². The first-order chi connectivity index (χ1) is 13.6. The van der Waals surface area contributed by atoms with E-state index in [2.05, 4.69) is 5.10 Å². The third-order valence-electron chi connectivity index (χ3n) is 4.12. The number of nitrogens with zero attached hydrogens (tertiary/aromatic N) is 3. The Morgan fingerprint density at radius 2 is 1.93 bits per heavy atom. The van der Waals surface area contributed by atoms with Gasteiger partial charge in [-0.1, -0.05) is 30.3 Å². The predicted molar refractivity (Wildman–Crippen MR) is 96.6 cm³/mol. The summed E-state index contributed by atoms with van der Waals surface area (Å²) in [6, 6.07) is 10.6. The van der Waals surface area contributed by atoms with Crippen molar-refractivity contribution >= 4 is 18.0 Å². The molecule has 2 heterocycles. The SMILES string of the molecule is CCOC(=O)CCN1CCn2nc(OC(=O)OCc3ccccc3)cc2C1=O. The van der Waals surface area contributed by atoms with Gasteiger partial charge in [0.15, 0.2) is 0 Å². The number of hydrogen-bond acceptors (Lipinski definition) is 7. The smallest absolute Gasteiger partial charge is 0.466 e. The largest absolute Gasteiger partial charge is 0.515 e. The predicted octanol–water partition coefficient (Wildman–Crippen LogP) is 2.01. The zero-order chi connectivity index (χ0) is 19.9. The summed E-state index contributed by atoms with van der Waals surface area (Å²) in [5.41, 5.74) is 1.12. The molecule has 0 radical (unpaired) electrons. The molecule has 0 saturated heterocycles. The summed E-state index contributed by atoms with van der Waals surface area (Å²) in [6.45, 7) is 3.22. The number of carbonyl (C=O) groups excluding carboxylic acids is 3. The molecule has 9 nitrogen and oxygen atoms in total. The standard InChI is InChI=1S/C19H21N3O6/c1-2-26-17(23)8-9-21-10-11-22-15(18(21)24)12-16(20-22)28-19(25)27-13-14-6-4-3-5-7-14/h3-7,12H,2,8-11,13H2,1H3. The summed E-state index contributed by atoms with van der Waals surface area (Å²) in [6.07, 6.45) is -0.769. The average Bonchev–Trinajstić information content (AvgIpc) is 3.10. The second-order valence-electron chi connectivity index (χ2n) is 6.06. The summed E-state index contributed by atoms with van der Waals surface area (Å²) in [5.74, 6) is -0.635. The Labute approximate surface area is 161 Å². The van der Waals surface area contributed by atoms with Crippen molar-refractivity contribution in [3.8, 4) is 5.88 Å². The van der Waals surface area contributed by atoms with Gasteiger partial charge in [0.25, 0.3) is 5.91 Å². The molecule has 1 aromatic heterocycles. The van der Waals surface area contributed by atoms with Gasteiger partial charge in [-0.15, -0.1) is 5.10 Å². The molecule has 0 N–H and O–H groups in total. The molecular formula is C19H21N3O6. The number of esters is 1. The summed E-state index contributed by atoms with van der Waals surface area (Å²) in [5, 5.41) is 4.11. The first-order valence-corrected chi connectivity index (χ1v) is 8.98. The van der Waals surface area contributed by atoms with Gasteiger partial charge in [-0.05, 0) is 12.5 Å².